The van der Waals surface area contributed by atoms with Crippen LogP contribution >= 0.6 is 23.4 Å². The number of ether oxygens (including phenoxy) is 1. The highest BCUT2D eigenvalue weighted by atomic mass is 35.5. The number of aromatic amines is 1. The Morgan fingerprint density at radius 2 is 1.92 bits per heavy atom. The predicted molar refractivity (Wildman–Crippen MR) is 105 cm³/mol. The van der Waals surface area contributed by atoms with Gasteiger partial charge in [0.25, 0.3) is 5.91 Å². The number of methoxy groups -OCH3 is 1. The number of aromatic nitrogens is 2. The van der Waals surface area contributed by atoms with Gasteiger partial charge in [0.1, 0.15) is 5.75 Å². The molecule has 5 nitrogen and oxygen atoms in total. The SMILES string of the molecule is COc1ccc(-c2cnc(SCCNC(=O)c3ccc(Cl)cc3)[nH]2)cc1. The normalized spacial score (nSPS) is 10.5. The van der Waals surface area contributed by atoms with Crippen LogP contribution < -0.4 is 10.1 Å². The lowest BCUT2D eigenvalue weighted by Crippen LogP contribution is -2.25. The van der Waals surface area contributed by atoms with Crippen molar-refractivity contribution in [2.75, 3.05) is 19.4 Å². The summed E-state index contributed by atoms with van der Waals surface area (Å²) in [5, 5.41) is 4.31. The summed E-state index contributed by atoms with van der Waals surface area (Å²) >= 11 is 7.38. The first-order valence-corrected chi connectivity index (χ1v) is 9.38. The molecule has 0 aliphatic carbocycles. The van der Waals surface area contributed by atoms with Crippen LogP contribution in [0, 0.1) is 0 Å². The summed E-state index contributed by atoms with van der Waals surface area (Å²) in [6, 6.07) is 14.6. The molecular weight excluding hydrogens is 370 g/mol. The second-order valence-corrected chi connectivity index (χ2v) is 6.96. The van der Waals surface area contributed by atoms with Crippen molar-refractivity contribution < 1.29 is 9.53 Å². The Morgan fingerprint density at radius 3 is 2.62 bits per heavy atom. The topological polar surface area (TPSA) is 67.0 Å². The van der Waals surface area contributed by atoms with E-state index in [1.54, 1.807) is 49.3 Å². The molecule has 0 aliphatic heterocycles. The summed E-state index contributed by atoms with van der Waals surface area (Å²) < 4.78 is 5.16. The standard InChI is InChI=1S/C19H18ClN3O2S/c1-25-16-8-4-13(5-9-16)17-12-22-19(23-17)26-11-10-21-18(24)14-2-6-15(20)7-3-14/h2-9,12H,10-11H2,1H3,(H,21,24)(H,22,23). The van der Waals surface area contributed by atoms with Crippen LogP contribution in [-0.2, 0) is 0 Å². The first-order valence-electron chi connectivity index (χ1n) is 8.02. The second-order valence-electron chi connectivity index (χ2n) is 5.44. The van der Waals surface area contributed by atoms with E-state index in [0.29, 0.717) is 17.1 Å². The number of rotatable bonds is 7. The Balaban J connectivity index is 1.47. The zero-order chi connectivity index (χ0) is 18.4. The Hall–Kier alpha value is -2.44. The fourth-order valence-corrected chi connectivity index (χ4v) is 3.14. The number of nitrogens with one attached hydrogen (secondary N) is 2. The fourth-order valence-electron chi connectivity index (χ4n) is 2.31. The van der Waals surface area contributed by atoms with Crippen LogP contribution in [0.1, 0.15) is 10.4 Å². The minimum absolute atomic E-state index is 0.111. The smallest absolute Gasteiger partial charge is 0.251 e. The summed E-state index contributed by atoms with van der Waals surface area (Å²) in [4.78, 5) is 19.7. The van der Waals surface area contributed by atoms with E-state index in [0.717, 1.165) is 27.9 Å². The maximum atomic E-state index is 12.0. The van der Waals surface area contributed by atoms with Crippen LogP contribution in [0.5, 0.6) is 5.75 Å². The molecule has 0 fully saturated rings. The number of nitrogens with zero attached hydrogens (tertiary/aromatic N) is 1. The molecule has 0 atom stereocenters. The Morgan fingerprint density at radius 1 is 1.19 bits per heavy atom. The number of halogens is 1. The van der Waals surface area contributed by atoms with Crippen LogP contribution in [0.4, 0.5) is 0 Å². The maximum absolute atomic E-state index is 12.0. The Labute approximate surface area is 161 Å². The van der Waals surface area contributed by atoms with E-state index in [1.807, 2.05) is 24.3 Å². The van der Waals surface area contributed by atoms with Gasteiger partial charge in [-0.15, -0.1) is 0 Å². The third-order valence-corrected chi connectivity index (χ3v) is 4.83. The number of hydrogen-bond donors (Lipinski definition) is 2. The Bertz CT molecular complexity index is 863. The summed E-state index contributed by atoms with van der Waals surface area (Å²) in [5.41, 5.74) is 2.58. The molecule has 7 heteroatoms. The molecule has 0 saturated carbocycles. The largest absolute Gasteiger partial charge is 0.497 e. The fraction of sp³-hybridized carbons (Fsp3) is 0.158. The van der Waals surface area contributed by atoms with E-state index < -0.39 is 0 Å². The van der Waals surface area contributed by atoms with Crippen LogP contribution in [0.25, 0.3) is 11.3 Å². The number of amides is 1. The average molecular weight is 388 g/mol. The van der Waals surface area contributed by atoms with E-state index in [2.05, 4.69) is 15.3 Å². The molecule has 3 rings (SSSR count). The molecule has 0 spiro atoms. The van der Waals surface area contributed by atoms with Crippen molar-refractivity contribution in [3.05, 3.63) is 65.3 Å². The van der Waals surface area contributed by atoms with Gasteiger partial charge in [-0.05, 0) is 54.1 Å². The molecule has 1 amide bonds. The molecule has 2 aromatic carbocycles. The molecule has 26 heavy (non-hydrogen) atoms. The van der Waals surface area contributed by atoms with Gasteiger partial charge in [0.05, 0.1) is 19.0 Å². The van der Waals surface area contributed by atoms with Crippen molar-refractivity contribution in [1.82, 2.24) is 15.3 Å². The number of H-pyrrole nitrogens is 1. The number of imidazole rings is 1. The minimum Gasteiger partial charge on any atom is -0.497 e. The summed E-state index contributed by atoms with van der Waals surface area (Å²) in [6.07, 6.45) is 1.80. The average Bonchev–Trinajstić information content (AvgIpc) is 3.14. The van der Waals surface area contributed by atoms with Gasteiger partial charge in [-0.3, -0.25) is 4.79 Å². The molecule has 3 aromatic rings. The van der Waals surface area contributed by atoms with Crippen molar-refractivity contribution in [2.24, 2.45) is 0 Å². The summed E-state index contributed by atoms with van der Waals surface area (Å²) in [6.45, 7) is 0.546. The third-order valence-electron chi connectivity index (χ3n) is 3.69. The van der Waals surface area contributed by atoms with Crippen LogP contribution in [-0.4, -0.2) is 35.3 Å². The monoisotopic (exact) mass is 387 g/mol. The summed E-state index contributed by atoms with van der Waals surface area (Å²) in [7, 11) is 1.64. The van der Waals surface area contributed by atoms with Crippen molar-refractivity contribution in [3.63, 3.8) is 0 Å². The van der Waals surface area contributed by atoms with Crippen LogP contribution in [0.2, 0.25) is 5.02 Å². The number of carbonyl (C=O) groups is 1. The Kier molecular flexibility index (Phi) is 6.20. The second kappa shape index (κ2) is 8.78. The molecule has 0 unspecified atom stereocenters. The molecule has 0 bridgehead atoms. The molecule has 0 aliphatic rings. The minimum atomic E-state index is -0.111. The molecule has 0 radical (unpaired) electrons. The highest BCUT2D eigenvalue weighted by Crippen LogP contribution is 2.23. The van der Waals surface area contributed by atoms with E-state index in [4.69, 9.17) is 16.3 Å². The van der Waals surface area contributed by atoms with Crippen molar-refractivity contribution in [2.45, 2.75) is 5.16 Å². The van der Waals surface area contributed by atoms with E-state index in [1.165, 1.54) is 0 Å². The zero-order valence-electron chi connectivity index (χ0n) is 14.2. The predicted octanol–water partition coefficient (Wildman–Crippen LogP) is 4.26. The van der Waals surface area contributed by atoms with Gasteiger partial charge in [0.2, 0.25) is 0 Å². The molecule has 1 heterocycles. The van der Waals surface area contributed by atoms with Gasteiger partial charge in [-0.1, -0.05) is 23.4 Å². The highest BCUT2D eigenvalue weighted by molar-refractivity contribution is 7.99. The molecular formula is C19H18ClN3O2S. The highest BCUT2D eigenvalue weighted by Gasteiger charge is 2.06. The lowest BCUT2D eigenvalue weighted by molar-refractivity contribution is 0.0956. The van der Waals surface area contributed by atoms with Crippen LogP contribution in [0.3, 0.4) is 0 Å². The first kappa shape index (κ1) is 18.4. The van der Waals surface area contributed by atoms with Gasteiger partial charge in [-0.25, -0.2) is 4.98 Å². The first-order chi connectivity index (χ1) is 12.7. The van der Waals surface area contributed by atoms with Gasteiger partial charge in [0, 0.05) is 22.9 Å². The van der Waals surface area contributed by atoms with Crippen LogP contribution in [0.15, 0.2) is 59.9 Å². The molecule has 0 saturated heterocycles. The molecule has 1 aromatic heterocycles. The van der Waals surface area contributed by atoms with Crippen molar-refractivity contribution in [3.8, 4) is 17.0 Å². The maximum Gasteiger partial charge on any atom is 0.251 e. The zero-order valence-corrected chi connectivity index (χ0v) is 15.7. The number of hydrogen-bond acceptors (Lipinski definition) is 4. The van der Waals surface area contributed by atoms with Gasteiger partial charge >= 0.3 is 0 Å². The van der Waals surface area contributed by atoms with E-state index >= 15 is 0 Å². The lowest BCUT2D eigenvalue weighted by Gasteiger charge is -2.04. The quantitative estimate of drug-likeness (QED) is 0.469. The van der Waals surface area contributed by atoms with Crippen molar-refractivity contribution >= 4 is 29.3 Å². The number of carbonyl (C=O) groups excluding carboxylic acids is 1. The van der Waals surface area contributed by atoms with Gasteiger partial charge < -0.3 is 15.0 Å². The molecule has 134 valence electrons. The lowest BCUT2D eigenvalue weighted by atomic mass is 10.2. The van der Waals surface area contributed by atoms with E-state index in [9.17, 15) is 4.79 Å². The molecule has 2 N–H and O–H groups in total. The number of thioether (sulfide) groups is 1. The van der Waals surface area contributed by atoms with E-state index in [-0.39, 0.29) is 5.91 Å². The van der Waals surface area contributed by atoms with Gasteiger partial charge in [-0.2, -0.15) is 0 Å². The van der Waals surface area contributed by atoms with Gasteiger partial charge in [0.15, 0.2) is 5.16 Å². The summed E-state index contributed by atoms with van der Waals surface area (Å²) in [5.74, 6) is 1.43. The number of benzene rings is 2. The van der Waals surface area contributed by atoms with Crippen molar-refractivity contribution in [1.29, 1.82) is 0 Å². The third kappa shape index (κ3) is 4.80.